The summed E-state index contributed by atoms with van der Waals surface area (Å²) in [5.74, 6) is 1.70. The normalized spacial score (nSPS) is 15.5. The number of anilines is 3. The minimum absolute atomic E-state index is 0.187. The van der Waals surface area contributed by atoms with E-state index in [2.05, 4.69) is 255 Å². The number of nitrogens with zero attached hydrogens (tertiary/aromatic N) is 1. The molecule has 0 radical (unpaired) electrons. The number of fused-ring (bicyclic) bond motifs is 24. The lowest BCUT2D eigenvalue weighted by molar-refractivity contribution is 0.488. The first-order valence-electron chi connectivity index (χ1n) is 25.4. The Morgan fingerprint density at radius 2 is 0.808 bits per heavy atom. The summed E-state index contributed by atoms with van der Waals surface area (Å²) < 4.78 is 9.49. The molecule has 1 spiro atoms. The summed E-state index contributed by atoms with van der Waals surface area (Å²) in [6.07, 6.45) is 0. The molecule has 2 heterocycles. The standard InChI is InChI=1S/C70H45NOS/c1-69(2)57-26-12-7-22-50(57)51-34-31-44(41-62(51)69)71(43-33-37-64-56(40-43)48-20-6-4-18-46(48)52-23-10-15-29-63(52)72-64)42-32-35-60-55(39-42)47-19-5-3-17-45(47)49-21-8-13-27-58(49)70(60)59-28-14-9-24-53(59)67-61(70)36-38-66-68(67)54-25-11-16-30-65(54)73-66/h3-41H,1-2H3. The number of para-hydroxylation sites is 1. The van der Waals surface area contributed by atoms with Crippen LogP contribution in [0.1, 0.15) is 47.2 Å². The SMILES string of the molecule is CC1(C)c2ccccc2-c2ccc(N(c3ccc4c(c3)-c3ccccc3-c3ccccc3O4)c3ccc4c(c3)-c3ccccc3-c3ccccc3C43c4ccccc4-c4c3ccc3sc5ccccc5c43)cc21. The Balaban J connectivity index is 0.987. The highest BCUT2D eigenvalue weighted by atomic mass is 32.1. The molecule has 0 bridgehead atoms. The van der Waals surface area contributed by atoms with Crippen molar-refractivity contribution < 1.29 is 4.74 Å². The summed E-state index contributed by atoms with van der Waals surface area (Å²) in [6.45, 7) is 4.75. The molecule has 0 N–H and O–H groups in total. The van der Waals surface area contributed by atoms with Gasteiger partial charge in [0, 0.05) is 53.8 Å². The first kappa shape index (κ1) is 40.9. The minimum Gasteiger partial charge on any atom is -0.456 e. The second kappa shape index (κ2) is 14.9. The van der Waals surface area contributed by atoms with E-state index < -0.39 is 5.41 Å². The summed E-state index contributed by atoms with van der Waals surface area (Å²) in [5.41, 5.74) is 25.1. The average Bonchev–Trinajstić information content (AvgIpc) is 3.98. The van der Waals surface area contributed by atoms with Gasteiger partial charge in [-0.1, -0.05) is 190 Å². The summed E-state index contributed by atoms with van der Waals surface area (Å²) in [5, 5.41) is 2.67. The molecule has 0 saturated carbocycles. The van der Waals surface area contributed by atoms with Crippen LogP contribution in [0.3, 0.4) is 0 Å². The van der Waals surface area contributed by atoms with Crippen molar-refractivity contribution in [1.29, 1.82) is 0 Å². The van der Waals surface area contributed by atoms with Crippen molar-refractivity contribution in [3.05, 3.63) is 270 Å². The maximum atomic E-state index is 6.85. The third-order valence-electron chi connectivity index (χ3n) is 16.7. The fraction of sp³-hybridized carbons (Fsp3) is 0.0571. The van der Waals surface area contributed by atoms with Gasteiger partial charge >= 0.3 is 0 Å². The quantitative estimate of drug-likeness (QED) is 0.175. The molecule has 12 aromatic rings. The van der Waals surface area contributed by atoms with E-state index in [1.807, 2.05) is 11.3 Å². The summed E-state index contributed by atoms with van der Waals surface area (Å²) in [6, 6.07) is 88.8. The third kappa shape index (κ3) is 5.47. The monoisotopic (exact) mass is 947 g/mol. The highest BCUT2D eigenvalue weighted by molar-refractivity contribution is 7.26. The zero-order chi connectivity index (χ0) is 48.2. The molecule has 0 saturated heterocycles. The number of thiophene rings is 1. The van der Waals surface area contributed by atoms with Crippen LogP contribution in [0.15, 0.2) is 237 Å². The number of benzene rings is 11. The zero-order valence-corrected chi connectivity index (χ0v) is 41.1. The molecular formula is C70H45NOS. The molecule has 342 valence electrons. The van der Waals surface area contributed by atoms with Crippen molar-refractivity contribution in [2.24, 2.45) is 0 Å². The molecule has 2 nitrogen and oxygen atoms in total. The Hall–Kier alpha value is -8.76. The maximum absolute atomic E-state index is 6.85. The summed E-state index contributed by atoms with van der Waals surface area (Å²) in [4.78, 5) is 2.49. The van der Waals surface area contributed by atoms with E-state index in [1.165, 1.54) is 98.1 Å². The largest absolute Gasteiger partial charge is 0.456 e. The van der Waals surface area contributed by atoms with Gasteiger partial charge in [-0.2, -0.15) is 0 Å². The Kier molecular flexibility index (Phi) is 8.35. The van der Waals surface area contributed by atoms with Crippen molar-refractivity contribution in [3.8, 4) is 78.3 Å². The molecule has 1 aromatic heterocycles. The van der Waals surface area contributed by atoms with E-state index >= 15 is 0 Å². The van der Waals surface area contributed by atoms with E-state index in [-0.39, 0.29) is 5.41 Å². The van der Waals surface area contributed by atoms with Gasteiger partial charge in [0.2, 0.25) is 0 Å². The highest BCUT2D eigenvalue weighted by Gasteiger charge is 2.50. The van der Waals surface area contributed by atoms with Crippen LogP contribution in [0.5, 0.6) is 11.5 Å². The highest BCUT2D eigenvalue weighted by Crippen LogP contribution is 2.64. The lowest BCUT2D eigenvalue weighted by Gasteiger charge is -2.36. The summed E-state index contributed by atoms with van der Waals surface area (Å²) >= 11 is 1.90. The van der Waals surface area contributed by atoms with E-state index in [1.54, 1.807) is 0 Å². The predicted molar refractivity (Wildman–Crippen MR) is 304 cm³/mol. The van der Waals surface area contributed by atoms with Crippen molar-refractivity contribution >= 4 is 48.6 Å². The van der Waals surface area contributed by atoms with Crippen LogP contribution in [0.25, 0.3) is 86.9 Å². The molecule has 0 amide bonds. The van der Waals surface area contributed by atoms with Crippen LogP contribution >= 0.6 is 11.3 Å². The number of hydrogen-bond donors (Lipinski definition) is 0. The zero-order valence-electron chi connectivity index (χ0n) is 40.3. The lowest BCUT2D eigenvalue weighted by atomic mass is 9.66. The lowest BCUT2D eigenvalue weighted by Crippen LogP contribution is -2.29. The summed E-state index contributed by atoms with van der Waals surface area (Å²) in [7, 11) is 0. The fourth-order valence-electron chi connectivity index (χ4n) is 13.6. The molecule has 1 unspecified atom stereocenters. The van der Waals surface area contributed by atoms with Crippen LogP contribution in [-0.4, -0.2) is 0 Å². The fourth-order valence-corrected chi connectivity index (χ4v) is 14.7. The van der Waals surface area contributed by atoms with E-state index in [4.69, 9.17) is 4.74 Å². The van der Waals surface area contributed by atoms with Gasteiger partial charge in [0.1, 0.15) is 11.5 Å². The van der Waals surface area contributed by atoms with Crippen LogP contribution in [0, 0.1) is 0 Å². The van der Waals surface area contributed by atoms with Crippen molar-refractivity contribution in [1.82, 2.24) is 0 Å². The first-order chi connectivity index (χ1) is 36.0. The molecule has 1 aliphatic heterocycles. The molecule has 3 heteroatoms. The van der Waals surface area contributed by atoms with Gasteiger partial charge in [-0.15, -0.1) is 11.3 Å². The molecule has 16 rings (SSSR count). The third-order valence-corrected chi connectivity index (χ3v) is 17.8. The van der Waals surface area contributed by atoms with E-state index in [0.717, 1.165) is 50.8 Å². The minimum atomic E-state index is -0.624. The topological polar surface area (TPSA) is 12.5 Å². The van der Waals surface area contributed by atoms with Gasteiger partial charge in [-0.25, -0.2) is 0 Å². The molecule has 0 fully saturated rings. The van der Waals surface area contributed by atoms with Gasteiger partial charge in [0.05, 0.1) is 5.41 Å². The van der Waals surface area contributed by atoms with Gasteiger partial charge in [-0.05, 0) is 150 Å². The van der Waals surface area contributed by atoms with Crippen LogP contribution in [0.2, 0.25) is 0 Å². The second-order valence-electron chi connectivity index (χ2n) is 20.6. The van der Waals surface area contributed by atoms with Crippen LogP contribution in [-0.2, 0) is 10.8 Å². The van der Waals surface area contributed by atoms with Crippen molar-refractivity contribution in [2.75, 3.05) is 4.90 Å². The Labute approximate surface area is 428 Å². The van der Waals surface area contributed by atoms with Gasteiger partial charge in [0.15, 0.2) is 0 Å². The van der Waals surface area contributed by atoms with Crippen molar-refractivity contribution in [3.63, 3.8) is 0 Å². The van der Waals surface area contributed by atoms with E-state index in [0.29, 0.717) is 0 Å². The van der Waals surface area contributed by atoms with Crippen molar-refractivity contribution in [2.45, 2.75) is 24.7 Å². The first-order valence-corrected chi connectivity index (χ1v) is 26.2. The van der Waals surface area contributed by atoms with Gasteiger partial charge in [0.25, 0.3) is 0 Å². The Morgan fingerprint density at radius 1 is 0.329 bits per heavy atom. The van der Waals surface area contributed by atoms with Gasteiger partial charge in [-0.3, -0.25) is 0 Å². The molecule has 3 aliphatic carbocycles. The van der Waals surface area contributed by atoms with Gasteiger partial charge < -0.3 is 9.64 Å². The second-order valence-corrected chi connectivity index (χ2v) is 21.7. The van der Waals surface area contributed by atoms with Crippen LogP contribution < -0.4 is 9.64 Å². The number of hydrogen-bond acceptors (Lipinski definition) is 3. The molecule has 1 atom stereocenters. The molecule has 11 aromatic carbocycles. The maximum Gasteiger partial charge on any atom is 0.135 e. The Bertz CT molecular complexity index is 4360. The van der Waals surface area contributed by atoms with Crippen LogP contribution in [0.4, 0.5) is 17.1 Å². The molecule has 73 heavy (non-hydrogen) atoms. The Morgan fingerprint density at radius 3 is 1.58 bits per heavy atom. The smallest absolute Gasteiger partial charge is 0.135 e. The predicted octanol–water partition coefficient (Wildman–Crippen LogP) is 19.3. The number of ether oxygens (including phenoxy) is 1. The molecular weight excluding hydrogens is 903 g/mol. The molecule has 4 aliphatic rings. The van der Waals surface area contributed by atoms with E-state index in [9.17, 15) is 0 Å². The average molecular weight is 948 g/mol. The number of rotatable bonds is 3.